The fraction of sp³-hybridized carbons (Fsp3) is 0. The van der Waals surface area contributed by atoms with Crippen LogP contribution in [0.4, 0.5) is 5.69 Å². The maximum Gasteiger partial charge on any atom is 0.335 e. The molecule has 0 aromatic heterocycles. The molecule has 3 N–H and O–H groups in total. The summed E-state index contributed by atoms with van der Waals surface area (Å²) in [6, 6.07) is 6.03. The molecule has 76 valence electrons. The summed E-state index contributed by atoms with van der Waals surface area (Å²) in [5, 5.41) is 16.7. The topological polar surface area (TPSA) is 97.5 Å². The van der Waals surface area contributed by atoms with Crippen LogP contribution in [0.1, 0.15) is 10.4 Å². The van der Waals surface area contributed by atoms with Crippen LogP contribution in [0.15, 0.2) is 29.3 Å². The number of hydrogen-bond acceptors (Lipinski definition) is 4. The van der Waals surface area contributed by atoms with Crippen molar-refractivity contribution in [1.29, 1.82) is 5.26 Å². The fourth-order valence-corrected chi connectivity index (χ4v) is 0.861. The van der Waals surface area contributed by atoms with E-state index in [2.05, 4.69) is 15.8 Å². The number of nitriles is 1. The van der Waals surface area contributed by atoms with E-state index in [0.29, 0.717) is 5.69 Å². The number of rotatable bonds is 4. The third-order valence-electron chi connectivity index (χ3n) is 1.52. The fourth-order valence-electron chi connectivity index (χ4n) is 0.861. The van der Waals surface area contributed by atoms with Gasteiger partial charge in [-0.2, -0.15) is 5.26 Å². The molecule has 1 rings (SSSR count). The van der Waals surface area contributed by atoms with Crippen LogP contribution >= 0.6 is 0 Å². The summed E-state index contributed by atoms with van der Waals surface area (Å²) in [7, 11) is 0. The Kier molecular flexibility index (Phi) is 3.68. The molecule has 0 spiro atoms. The summed E-state index contributed by atoms with van der Waals surface area (Å²) in [4.78, 5) is 14.4. The normalized spacial score (nSPS) is 9.53. The van der Waals surface area contributed by atoms with Crippen LogP contribution < -0.4 is 10.9 Å². The minimum absolute atomic E-state index is 0.206. The Hall–Kier alpha value is -2.55. The molecule has 0 fully saturated rings. The van der Waals surface area contributed by atoms with E-state index in [0.717, 1.165) is 0 Å². The zero-order valence-corrected chi connectivity index (χ0v) is 7.64. The summed E-state index contributed by atoms with van der Waals surface area (Å²) >= 11 is 0. The number of aliphatic imine (C=N–C) groups is 1. The van der Waals surface area contributed by atoms with E-state index in [1.54, 1.807) is 18.3 Å². The zero-order chi connectivity index (χ0) is 11.1. The number of carbonyl (C=O) groups is 1. The van der Waals surface area contributed by atoms with Gasteiger partial charge in [-0.1, -0.05) is 0 Å². The molecule has 0 amide bonds. The van der Waals surface area contributed by atoms with Gasteiger partial charge in [0.25, 0.3) is 0 Å². The van der Waals surface area contributed by atoms with Crippen molar-refractivity contribution < 1.29 is 9.90 Å². The van der Waals surface area contributed by atoms with E-state index in [1.807, 2.05) is 0 Å². The van der Waals surface area contributed by atoms with Crippen molar-refractivity contribution in [1.82, 2.24) is 10.9 Å². The van der Waals surface area contributed by atoms with Crippen molar-refractivity contribution >= 4 is 18.0 Å². The van der Waals surface area contributed by atoms with Gasteiger partial charge < -0.3 is 5.11 Å². The summed E-state index contributed by atoms with van der Waals surface area (Å²) in [5.74, 6) is -0.977. The first-order chi connectivity index (χ1) is 7.24. The maximum atomic E-state index is 10.5. The van der Waals surface area contributed by atoms with E-state index in [1.165, 1.54) is 18.5 Å². The van der Waals surface area contributed by atoms with Gasteiger partial charge in [-0.05, 0) is 24.3 Å². The number of hydrogen-bond donors (Lipinski definition) is 3. The van der Waals surface area contributed by atoms with Crippen LogP contribution in [-0.4, -0.2) is 17.4 Å². The number of carboxylic acid groups (broad SMARTS) is 1. The molecule has 0 bridgehead atoms. The summed E-state index contributed by atoms with van der Waals surface area (Å²) in [6.45, 7) is 0. The Balaban J connectivity index is 2.61. The Bertz CT molecular complexity index is 405. The SMILES string of the molecule is N#CNNC=Nc1ccc(C(=O)O)cc1. The Morgan fingerprint density at radius 1 is 1.47 bits per heavy atom. The highest BCUT2D eigenvalue weighted by molar-refractivity contribution is 5.87. The Morgan fingerprint density at radius 3 is 2.67 bits per heavy atom. The molecular formula is C9H8N4O2. The standard InChI is InChI=1S/C9H8N4O2/c10-5-12-13-6-11-8-3-1-7(2-4-8)9(14)15/h1-4,6,12H,(H,11,13)(H,14,15). The molecule has 15 heavy (non-hydrogen) atoms. The van der Waals surface area contributed by atoms with Gasteiger partial charge in [-0.25, -0.2) is 15.2 Å². The number of nitrogens with zero attached hydrogens (tertiary/aromatic N) is 2. The number of aromatic carboxylic acids is 1. The van der Waals surface area contributed by atoms with Crippen LogP contribution in [0.25, 0.3) is 0 Å². The van der Waals surface area contributed by atoms with Crippen LogP contribution in [0.3, 0.4) is 0 Å². The van der Waals surface area contributed by atoms with Gasteiger partial charge in [0.15, 0.2) is 6.19 Å². The second kappa shape index (κ2) is 5.24. The molecule has 0 heterocycles. The molecule has 6 heteroatoms. The van der Waals surface area contributed by atoms with Crippen LogP contribution in [0.2, 0.25) is 0 Å². The van der Waals surface area contributed by atoms with Gasteiger partial charge in [0.2, 0.25) is 0 Å². The van der Waals surface area contributed by atoms with E-state index in [4.69, 9.17) is 10.4 Å². The molecule has 6 nitrogen and oxygen atoms in total. The molecule has 0 saturated heterocycles. The van der Waals surface area contributed by atoms with Crippen LogP contribution in [0.5, 0.6) is 0 Å². The van der Waals surface area contributed by atoms with E-state index in [-0.39, 0.29) is 5.56 Å². The maximum absolute atomic E-state index is 10.5. The first-order valence-electron chi connectivity index (χ1n) is 3.99. The molecular weight excluding hydrogens is 196 g/mol. The summed E-state index contributed by atoms with van der Waals surface area (Å²) in [5.41, 5.74) is 5.36. The van der Waals surface area contributed by atoms with Crippen LogP contribution in [0, 0.1) is 11.5 Å². The minimum Gasteiger partial charge on any atom is -0.478 e. The van der Waals surface area contributed by atoms with Crippen molar-refractivity contribution in [2.24, 2.45) is 4.99 Å². The van der Waals surface area contributed by atoms with E-state index >= 15 is 0 Å². The lowest BCUT2D eigenvalue weighted by molar-refractivity contribution is 0.0697. The molecule has 0 radical (unpaired) electrons. The molecule has 0 atom stereocenters. The van der Waals surface area contributed by atoms with Crippen molar-refractivity contribution in [2.75, 3.05) is 0 Å². The zero-order valence-electron chi connectivity index (χ0n) is 7.64. The van der Waals surface area contributed by atoms with Gasteiger partial charge in [0.1, 0.15) is 6.34 Å². The molecule has 0 aliphatic carbocycles. The van der Waals surface area contributed by atoms with Gasteiger partial charge in [0.05, 0.1) is 11.3 Å². The summed E-state index contributed by atoms with van der Waals surface area (Å²) in [6.07, 6.45) is 2.94. The summed E-state index contributed by atoms with van der Waals surface area (Å²) < 4.78 is 0. The molecule has 0 aliphatic rings. The molecule has 0 saturated carbocycles. The smallest absolute Gasteiger partial charge is 0.335 e. The predicted molar refractivity (Wildman–Crippen MR) is 53.4 cm³/mol. The lowest BCUT2D eigenvalue weighted by Gasteiger charge is -1.96. The monoisotopic (exact) mass is 204 g/mol. The molecule has 1 aromatic carbocycles. The van der Waals surface area contributed by atoms with Crippen molar-refractivity contribution in [2.45, 2.75) is 0 Å². The minimum atomic E-state index is -0.977. The Labute approximate surface area is 85.8 Å². The van der Waals surface area contributed by atoms with Crippen molar-refractivity contribution in [3.05, 3.63) is 29.8 Å². The van der Waals surface area contributed by atoms with Crippen LogP contribution in [-0.2, 0) is 0 Å². The predicted octanol–water partition coefficient (Wildman–Crippen LogP) is 0.620. The number of nitrogens with one attached hydrogen (secondary N) is 2. The molecule has 0 unspecified atom stereocenters. The van der Waals surface area contributed by atoms with Gasteiger partial charge in [-0.15, -0.1) is 0 Å². The average molecular weight is 204 g/mol. The van der Waals surface area contributed by atoms with E-state index in [9.17, 15) is 4.79 Å². The first-order valence-corrected chi connectivity index (χ1v) is 3.99. The highest BCUT2D eigenvalue weighted by atomic mass is 16.4. The van der Waals surface area contributed by atoms with Crippen molar-refractivity contribution in [3.63, 3.8) is 0 Å². The second-order valence-electron chi connectivity index (χ2n) is 2.49. The number of benzene rings is 1. The third-order valence-corrected chi connectivity index (χ3v) is 1.52. The number of hydrazine groups is 1. The van der Waals surface area contributed by atoms with Gasteiger partial charge in [0, 0.05) is 0 Å². The number of carboxylic acids is 1. The second-order valence-corrected chi connectivity index (χ2v) is 2.49. The van der Waals surface area contributed by atoms with Gasteiger partial charge in [-0.3, -0.25) is 5.43 Å². The largest absolute Gasteiger partial charge is 0.478 e. The van der Waals surface area contributed by atoms with Gasteiger partial charge >= 0.3 is 5.97 Å². The van der Waals surface area contributed by atoms with E-state index < -0.39 is 5.97 Å². The first kappa shape index (κ1) is 10.5. The average Bonchev–Trinajstić information content (AvgIpc) is 2.25. The quantitative estimate of drug-likeness (QED) is 0.167. The highest BCUT2D eigenvalue weighted by Crippen LogP contribution is 2.11. The Morgan fingerprint density at radius 2 is 2.13 bits per heavy atom. The molecule has 1 aromatic rings. The lowest BCUT2D eigenvalue weighted by Crippen LogP contribution is -2.24. The third kappa shape index (κ3) is 3.36. The highest BCUT2D eigenvalue weighted by Gasteiger charge is 1.99. The molecule has 0 aliphatic heterocycles. The lowest BCUT2D eigenvalue weighted by atomic mass is 10.2. The van der Waals surface area contributed by atoms with Crippen molar-refractivity contribution in [3.8, 4) is 6.19 Å².